The van der Waals surface area contributed by atoms with Crippen molar-refractivity contribution in [3.63, 3.8) is 0 Å². The van der Waals surface area contributed by atoms with Crippen LogP contribution in [0.4, 0.5) is 0 Å². The van der Waals surface area contributed by atoms with E-state index in [2.05, 4.69) is 0 Å². The first kappa shape index (κ1) is 18.5. The molecule has 0 saturated carbocycles. The Morgan fingerprint density at radius 3 is 2.26 bits per heavy atom. The Bertz CT molecular complexity index is 567. The zero-order chi connectivity index (χ0) is 17.3. The molecule has 4 N–H and O–H groups in total. The molecule has 0 amide bonds. The second-order valence-electron chi connectivity index (χ2n) is 5.15. The van der Waals surface area contributed by atoms with Crippen molar-refractivity contribution in [2.45, 2.75) is 37.6 Å². The molecule has 1 heterocycles. The Balaban J connectivity index is 2.29. The van der Waals surface area contributed by atoms with E-state index in [1.807, 2.05) is 0 Å². The second kappa shape index (κ2) is 7.40. The smallest absolute Gasteiger partial charge is 0.229 e. The summed E-state index contributed by atoms with van der Waals surface area (Å²) in [5.41, 5.74) is 0.507. The second-order valence-corrected chi connectivity index (χ2v) is 5.90. The van der Waals surface area contributed by atoms with E-state index >= 15 is 0 Å². The molecule has 23 heavy (non-hydrogen) atoms. The molecule has 130 valence electrons. The van der Waals surface area contributed by atoms with Crippen LogP contribution in [0.3, 0.4) is 0 Å². The Kier molecular flexibility index (Phi) is 5.96. The molecule has 1 aromatic rings. The summed E-state index contributed by atoms with van der Waals surface area (Å²) in [6.07, 6.45) is -6.96. The Morgan fingerprint density at radius 1 is 1.09 bits per heavy atom. The number of halogens is 2. The normalized spacial score (nSPS) is 31.0. The summed E-state index contributed by atoms with van der Waals surface area (Å²) in [5, 5.41) is 39.2. The SMILES string of the molecule is COc1cc(O[C@@H]2O[C@H](CO)[C@@H](O)[C@H](O)[C@H]2O)c(Cl)c(C)c1Cl. The number of methoxy groups -OCH3 is 1. The lowest BCUT2D eigenvalue weighted by molar-refractivity contribution is -0.277. The van der Waals surface area contributed by atoms with E-state index in [0.29, 0.717) is 16.3 Å². The first-order valence-electron chi connectivity index (χ1n) is 6.81. The van der Waals surface area contributed by atoms with Crippen LogP contribution in [0.25, 0.3) is 0 Å². The summed E-state index contributed by atoms with van der Waals surface area (Å²) in [6.45, 7) is 1.11. The monoisotopic (exact) mass is 368 g/mol. The topological polar surface area (TPSA) is 109 Å². The number of benzene rings is 1. The average molecular weight is 369 g/mol. The van der Waals surface area contributed by atoms with Gasteiger partial charge in [-0.25, -0.2) is 0 Å². The van der Waals surface area contributed by atoms with Crippen molar-refractivity contribution in [3.05, 3.63) is 21.7 Å². The molecule has 7 nitrogen and oxygen atoms in total. The maximum Gasteiger partial charge on any atom is 0.229 e. The van der Waals surface area contributed by atoms with Gasteiger partial charge >= 0.3 is 0 Å². The van der Waals surface area contributed by atoms with Crippen LogP contribution in [0.5, 0.6) is 11.5 Å². The molecule has 1 saturated heterocycles. The van der Waals surface area contributed by atoms with Crippen molar-refractivity contribution in [3.8, 4) is 11.5 Å². The van der Waals surface area contributed by atoms with Gasteiger partial charge in [-0.2, -0.15) is 0 Å². The van der Waals surface area contributed by atoms with Gasteiger partial charge in [0.1, 0.15) is 35.9 Å². The van der Waals surface area contributed by atoms with Gasteiger partial charge in [-0.1, -0.05) is 23.2 Å². The van der Waals surface area contributed by atoms with Gasteiger partial charge in [-0.3, -0.25) is 0 Å². The quantitative estimate of drug-likeness (QED) is 0.612. The highest BCUT2D eigenvalue weighted by Crippen LogP contribution is 2.40. The molecule has 0 aliphatic carbocycles. The van der Waals surface area contributed by atoms with E-state index in [1.165, 1.54) is 13.2 Å². The zero-order valence-corrected chi connectivity index (χ0v) is 14.0. The van der Waals surface area contributed by atoms with Crippen LogP contribution < -0.4 is 9.47 Å². The fraction of sp³-hybridized carbons (Fsp3) is 0.571. The van der Waals surface area contributed by atoms with Gasteiger partial charge in [0.15, 0.2) is 0 Å². The Hall–Kier alpha value is -0.800. The third-order valence-electron chi connectivity index (χ3n) is 3.66. The van der Waals surface area contributed by atoms with Crippen molar-refractivity contribution >= 4 is 23.2 Å². The predicted molar refractivity (Wildman–Crippen MR) is 82.1 cm³/mol. The highest BCUT2D eigenvalue weighted by Gasteiger charge is 2.45. The molecule has 0 aromatic heterocycles. The lowest BCUT2D eigenvalue weighted by Gasteiger charge is -2.39. The molecule has 0 bridgehead atoms. The molecule has 0 spiro atoms. The predicted octanol–water partition coefficient (Wildman–Crippen LogP) is 0.489. The molecule has 0 radical (unpaired) electrons. The minimum atomic E-state index is -1.54. The third kappa shape index (κ3) is 3.51. The molecule has 9 heteroatoms. The maximum absolute atomic E-state index is 9.98. The van der Waals surface area contributed by atoms with Crippen molar-refractivity contribution < 1.29 is 34.6 Å². The molecular formula is C14H18Cl2O7. The van der Waals surface area contributed by atoms with Crippen molar-refractivity contribution in [2.24, 2.45) is 0 Å². The Labute approximate surface area is 142 Å². The molecule has 2 rings (SSSR count). The number of aliphatic hydroxyl groups excluding tert-OH is 4. The van der Waals surface area contributed by atoms with E-state index in [1.54, 1.807) is 6.92 Å². The summed E-state index contributed by atoms with van der Waals surface area (Å²) < 4.78 is 15.9. The molecular weight excluding hydrogens is 351 g/mol. The van der Waals surface area contributed by atoms with Crippen molar-refractivity contribution in [1.82, 2.24) is 0 Å². The van der Waals surface area contributed by atoms with Gasteiger partial charge in [0.25, 0.3) is 0 Å². The zero-order valence-electron chi connectivity index (χ0n) is 12.4. The standard InChI is InChI=1S/C14H18Cl2O7/c1-5-9(15)6(21-2)3-7(10(5)16)22-14-13(20)12(19)11(18)8(4-17)23-14/h3,8,11-14,17-20H,4H2,1-2H3/t8-,11-,12+,13-,14-/m1/s1. The van der Waals surface area contributed by atoms with Crippen LogP contribution in [-0.4, -0.2) is 64.8 Å². The van der Waals surface area contributed by atoms with Crippen LogP contribution in [0.1, 0.15) is 5.56 Å². The molecule has 1 aliphatic rings. The van der Waals surface area contributed by atoms with E-state index in [9.17, 15) is 15.3 Å². The van der Waals surface area contributed by atoms with Gasteiger partial charge in [-0.15, -0.1) is 0 Å². The van der Waals surface area contributed by atoms with Crippen LogP contribution in [0.15, 0.2) is 6.07 Å². The molecule has 5 atom stereocenters. The fourth-order valence-electron chi connectivity index (χ4n) is 2.24. The first-order valence-corrected chi connectivity index (χ1v) is 7.57. The summed E-state index contributed by atoms with van der Waals surface area (Å²) in [7, 11) is 1.42. The van der Waals surface area contributed by atoms with Crippen LogP contribution >= 0.6 is 23.2 Å². The Morgan fingerprint density at radius 2 is 1.70 bits per heavy atom. The minimum absolute atomic E-state index is 0.120. The maximum atomic E-state index is 9.98. The van der Waals surface area contributed by atoms with Gasteiger partial charge < -0.3 is 34.6 Å². The van der Waals surface area contributed by atoms with E-state index in [0.717, 1.165) is 0 Å². The van der Waals surface area contributed by atoms with Gasteiger partial charge in [0, 0.05) is 6.07 Å². The minimum Gasteiger partial charge on any atom is -0.495 e. The van der Waals surface area contributed by atoms with E-state index < -0.39 is 37.3 Å². The average Bonchev–Trinajstić information content (AvgIpc) is 2.55. The lowest BCUT2D eigenvalue weighted by Crippen LogP contribution is -2.60. The van der Waals surface area contributed by atoms with Crippen molar-refractivity contribution in [1.29, 1.82) is 0 Å². The molecule has 1 aromatic carbocycles. The number of aliphatic hydroxyl groups is 4. The van der Waals surface area contributed by atoms with Crippen LogP contribution in [-0.2, 0) is 4.74 Å². The highest BCUT2D eigenvalue weighted by molar-refractivity contribution is 6.37. The molecule has 0 unspecified atom stereocenters. The number of ether oxygens (including phenoxy) is 3. The number of hydrogen-bond donors (Lipinski definition) is 4. The lowest BCUT2D eigenvalue weighted by atomic mass is 9.99. The largest absolute Gasteiger partial charge is 0.495 e. The summed E-state index contributed by atoms with van der Waals surface area (Å²) in [4.78, 5) is 0. The van der Waals surface area contributed by atoms with E-state index in [-0.39, 0.29) is 10.8 Å². The molecule has 1 fully saturated rings. The first-order chi connectivity index (χ1) is 10.8. The van der Waals surface area contributed by atoms with Crippen LogP contribution in [0, 0.1) is 6.92 Å². The number of rotatable bonds is 4. The van der Waals surface area contributed by atoms with Crippen LogP contribution in [0.2, 0.25) is 10.0 Å². The van der Waals surface area contributed by atoms with Gasteiger partial charge in [0.05, 0.1) is 23.8 Å². The molecule has 1 aliphatic heterocycles. The highest BCUT2D eigenvalue weighted by atomic mass is 35.5. The van der Waals surface area contributed by atoms with E-state index in [4.69, 9.17) is 42.5 Å². The van der Waals surface area contributed by atoms with Gasteiger partial charge in [0.2, 0.25) is 6.29 Å². The van der Waals surface area contributed by atoms with Crippen molar-refractivity contribution in [2.75, 3.05) is 13.7 Å². The third-order valence-corrected chi connectivity index (χ3v) is 4.60. The summed E-state index contributed by atoms with van der Waals surface area (Å²) in [6, 6.07) is 1.42. The summed E-state index contributed by atoms with van der Waals surface area (Å²) in [5.74, 6) is 0.433. The van der Waals surface area contributed by atoms with Gasteiger partial charge in [-0.05, 0) is 12.5 Å². The number of hydrogen-bond acceptors (Lipinski definition) is 7. The fourth-order valence-corrected chi connectivity index (χ4v) is 2.70. The summed E-state index contributed by atoms with van der Waals surface area (Å²) >= 11 is 12.2.